The molecule has 0 aliphatic heterocycles. The fourth-order valence-electron chi connectivity index (χ4n) is 4.07. The molecule has 0 radical (unpaired) electrons. The van der Waals surface area contributed by atoms with Crippen LogP contribution in [0.25, 0.3) is 11.3 Å². The molecule has 1 amide bonds. The van der Waals surface area contributed by atoms with E-state index in [1.54, 1.807) is 19.1 Å². The molecule has 14 nitrogen and oxygen atoms in total. The first kappa shape index (κ1) is 36.0. The number of rotatable bonds is 15. The van der Waals surface area contributed by atoms with Crippen LogP contribution < -0.4 is 20.7 Å². The lowest BCUT2D eigenvalue weighted by atomic mass is 10.1. The SMILES string of the molecule is CCO[P+](=O)OCc1ccc(Nc2ncc(C(F)(F)F)c(Nc3ccc(-c4cnn(CC(F)(F)CO)c4)nc3C(=O)NC)n2)c(OC)c1. The monoisotopic (exact) mass is 699 g/mol. The summed E-state index contributed by atoms with van der Waals surface area (Å²) in [5.74, 6) is -4.96. The molecule has 0 fully saturated rings. The number of hydrogen-bond donors (Lipinski definition) is 4. The number of methoxy groups -OCH3 is 1. The Kier molecular flexibility index (Phi) is 11.5. The first-order valence-corrected chi connectivity index (χ1v) is 15.0. The Morgan fingerprint density at radius 2 is 1.79 bits per heavy atom. The minimum atomic E-state index is -4.91. The van der Waals surface area contributed by atoms with E-state index >= 15 is 0 Å². The van der Waals surface area contributed by atoms with Crippen LogP contribution in [-0.4, -0.2) is 69.0 Å². The number of nitrogens with zero attached hydrogens (tertiary/aromatic N) is 5. The third-order valence-corrected chi connectivity index (χ3v) is 7.13. The van der Waals surface area contributed by atoms with Gasteiger partial charge >= 0.3 is 14.4 Å². The van der Waals surface area contributed by atoms with Crippen molar-refractivity contribution in [3.63, 3.8) is 0 Å². The van der Waals surface area contributed by atoms with Gasteiger partial charge in [0.2, 0.25) is 5.95 Å². The van der Waals surface area contributed by atoms with E-state index in [1.165, 1.54) is 44.8 Å². The standard InChI is InChI=1S/C28H28F5N8O6P/c1-4-46-48(44)47-13-16-5-6-20(22(9-16)45-3)39-26-35-11-18(28(31,32)33)24(40-26)38-21-8-7-19(37-23(21)25(43)34-2)17-10-36-41(12-17)14-27(29,30)15-42/h5-12,42H,4,13-15H2,1-3H3,(H2-,34,35,38,39,40,43)/p+1. The first-order valence-electron chi connectivity index (χ1n) is 13.9. The van der Waals surface area contributed by atoms with Crippen LogP contribution in [0.15, 0.2) is 48.9 Å². The smallest absolute Gasteiger partial charge is 0.495 e. The number of aliphatic hydroxyl groups is 1. The van der Waals surface area contributed by atoms with Gasteiger partial charge in [-0.05, 0) is 36.8 Å². The van der Waals surface area contributed by atoms with Crippen molar-refractivity contribution in [3.8, 4) is 17.0 Å². The predicted molar refractivity (Wildman–Crippen MR) is 161 cm³/mol. The minimum absolute atomic E-state index is 0.0703. The van der Waals surface area contributed by atoms with Crippen LogP contribution in [-0.2, 0) is 32.9 Å². The molecule has 0 saturated heterocycles. The molecule has 4 aromatic rings. The Morgan fingerprint density at radius 1 is 1.04 bits per heavy atom. The number of aromatic nitrogens is 5. The quantitative estimate of drug-likeness (QED) is 0.0914. The van der Waals surface area contributed by atoms with Gasteiger partial charge in [0, 0.05) is 29.6 Å². The number of hydrogen-bond acceptors (Lipinski definition) is 12. The number of halogens is 5. The van der Waals surface area contributed by atoms with Crippen LogP contribution in [0.5, 0.6) is 5.75 Å². The van der Waals surface area contributed by atoms with Crippen molar-refractivity contribution in [1.82, 2.24) is 30.0 Å². The third-order valence-electron chi connectivity index (χ3n) is 6.32. The summed E-state index contributed by atoms with van der Waals surface area (Å²) in [4.78, 5) is 24.8. The molecule has 4 rings (SSSR count). The van der Waals surface area contributed by atoms with Crippen LogP contribution in [0.4, 0.5) is 45.1 Å². The van der Waals surface area contributed by atoms with Crippen molar-refractivity contribution in [2.45, 2.75) is 32.2 Å². The number of benzene rings is 1. The van der Waals surface area contributed by atoms with E-state index in [0.29, 0.717) is 11.8 Å². The van der Waals surface area contributed by atoms with Gasteiger partial charge in [-0.1, -0.05) is 6.07 Å². The normalized spacial score (nSPS) is 12.1. The Bertz CT molecular complexity index is 1770. The summed E-state index contributed by atoms with van der Waals surface area (Å²) in [7, 11) is 0.324. The Balaban J connectivity index is 1.64. The molecule has 0 aliphatic carbocycles. The fraction of sp³-hybridized carbons (Fsp3) is 0.321. The molecular weight excluding hydrogens is 670 g/mol. The van der Waals surface area contributed by atoms with Crippen molar-refractivity contribution in [2.24, 2.45) is 0 Å². The lowest BCUT2D eigenvalue weighted by Gasteiger charge is -2.17. The number of ether oxygens (including phenoxy) is 1. The fourth-order valence-corrected chi connectivity index (χ4v) is 4.61. The molecule has 0 aliphatic rings. The molecule has 0 bridgehead atoms. The molecule has 1 unspecified atom stereocenters. The first-order chi connectivity index (χ1) is 22.8. The molecule has 4 N–H and O–H groups in total. The van der Waals surface area contributed by atoms with Gasteiger partial charge in [0.05, 0.1) is 30.4 Å². The van der Waals surface area contributed by atoms with E-state index in [1.807, 2.05) is 0 Å². The molecule has 1 atom stereocenters. The number of aliphatic hydroxyl groups excluding tert-OH is 1. The maximum Gasteiger partial charge on any atom is 0.697 e. The van der Waals surface area contributed by atoms with Crippen LogP contribution in [0.3, 0.4) is 0 Å². The largest absolute Gasteiger partial charge is 0.697 e. The molecule has 48 heavy (non-hydrogen) atoms. The molecule has 0 spiro atoms. The van der Waals surface area contributed by atoms with E-state index in [-0.39, 0.29) is 53.2 Å². The second-order valence-corrected chi connectivity index (χ2v) is 10.7. The Labute approximate surface area is 270 Å². The molecule has 256 valence electrons. The summed E-state index contributed by atoms with van der Waals surface area (Å²) in [5.41, 5.74) is -0.604. The summed E-state index contributed by atoms with van der Waals surface area (Å²) < 4.78 is 97.2. The van der Waals surface area contributed by atoms with Crippen molar-refractivity contribution in [2.75, 3.05) is 38.0 Å². The summed E-state index contributed by atoms with van der Waals surface area (Å²) in [6, 6.07) is 7.28. The number of pyridine rings is 1. The van der Waals surface area contributed by atoms with Gasteiger partial charge in [0.25, 0.3) is 11.8 Å². The van der Waals surface area contributed by atoms with E-state index in [2.05, 4.69) is 36.0 Å². The summed E-state index contributed by atoms with van der Waals surface area (Å²) in [5, 5.41) is 20.3. The van der Waals surface area contributed by atoms with E-state index < -0.39 is 50.8 Å². The highest BCUT2D eigenvalue weighted by Crippen LogP contribution is 2.37. The minimum Gasteiger partial charge on any atom is -0.495 e. The third kappa shape index (κ3) is 9.15. The number of alkyl halides is 5. The van der Waals surface area contributed by atoms with Crippen molar-refractivity contribution in [1.29, 1.82) is 0 Å². The molecule has 1 aromatic carbocycles. The van der Waals surface area contributed by atoms with Crippen LogP contribution in [0.2, 0.25) is 0 Å². The van der Waals surface area contributed by atoms with Gasteiger partial charge in [-0.25, -0.2) is 18.7 Å². The van der Waals surface area contributed by atoms with Gasteiger partial charge in [-0.3, -0.25) is 9.48 Å². The average Bonchev–Trinajstić information content (AvgIpc) is 3.51. The topological polar surface area (TPSA) is 175 Å². The zero-order valence-electron chi connectivity index (χ0n) is 25.5. The number of carbonyl (C=O) groups is 1. The predicted octanol–water partition coefficient (Wildman–Crippen LogP) is 5.45. The summed E-state index contributed by atoms with van der Waals surface area (Å²) in [6.45, 7) is -0.522. The second kappa shape index (κ2) is 15.4. The van der Waals surface area contributed by atoms with E-state index in [0.717, 1.165) is 4.68 Å². The maximum atomic E-state index is 14.0. The lowest BCUT2D eigenvalue weighted by Crippen LogP contribution is -2.28. The Hall–Kier alpha value is -4.84. The van der Waals surface area contributed by atoms with Crippen LogP contribution in [0.1, 0.15) is 28.5 Å². The van der Waals surface area contributed by atoms with Crippen molar-refractivity contribution in [3.05, 3.63) is 65.7 Å². The second-order valence-electron chi connectivity index (χ2n) is 9.77. The zero-order valence-corrected chi connectivity index (χ0v) is 26.4. The number of amides is 1. The van der Waals surface area contributed by atoms with Crippen LogP contribution in [0, 0.1) is 0 Å². The zero-order chi connectivity index (χ0) is 35.1. The van der Waals surface area contributed by atoms with Crippen molar-refractivity contribution < 1.29 is 50.2 Å². The highest BCUT2D eigenvalue weighted by Gasteiger charge is 2.36. The molecule has 0 saturated carbocycles. The number of nitrogens with one attached hydrogen (secondary N) is 3. The van der Waals surface area contributed by atoms with Gasteiger partial charge in [0.1, 0.15) is 43.5 Å². The van der Waals surface area contributed by atoms with Gasteiger partial charge in [-0.15, -0.1) is 9.05 Å². The van der Waals surface area contributed by atoms with E-state index in [4.69, 9.17) is 18.9 Å². The van der Waals surface area contributed by atoms with Gasteiger partial charge in [0.15, 0.2) is 5.69 Å². The maximum absolute atomic E-state index is 14.0. The summed E-state index contributed by atoms with van der Waals surface area (Å²) in [6.07, 6.45) is -1.94. The molecule has 3 heterocycles. The van der Waals surface area contributed by atoms with Crippen molar-refractivity contribution >= 4 is 37.3 Å². The van der Waals surface area contributed by atoms with Gasteiger partial charge in [-0.2, -0.15) is 23.3 Å². The average molecular weight is 700 g/mol. The number of carbonyl (C=O) groups excluding carboxylic acids is 1. The molecule has 3 aromatic heterocycles. The van der Waals surface area contributed by atoms with Gasteiger partial charge < -0.3 is 25.8 Å². The highest BCUT2D eigenvalue weighted by atomic mass is 31.1. The summed E-state index contributed by atoms with van der Waals surface area (Å²) >= 11 is 0. The van der Waals surface area contributed by atoms with Crippen LogP contribution >= 0.6 is 8.25 Å². The lowest BCUT2D eigenvalue weighted by molar-refractivity contribution is -0.137. The van der Waals surface area contributed by atoms with E-state index in [9.17, 15) is 31.3 Å². The number of anilines is 4. The molecule has 20 heteroatoms. The Morgan fingerprint density at radius 3 is 2.46 bits per heavy atom. The molecular formula is C28H29F5N8O6P+. The highest BCUT2D eigenvalue weighted by molar-refractivity contribution is 7.33.